The maximum atomic E-state index is 11.8. The molecule has 1 aliphatic rings. The number of unbranched alkanes of at least 4 members (excludes halogenated alkanes) is 2. The predicted octanol–water partition coefficient (Wildman–Crippen LogP) is 11.7. The van der Waals surface area contributed by atoms with Crippen LogP contribution in [-0.2, 0) is 24.5 Å². The highest BCUT2D eigenvalue weighted by molar-refractivity contribution is 6.21. The highest BCUT2D eigenvalue weighted by Gasteiger charge is 2.42. The number of hydrogen-bond acceptors (Lipinski definition) is 4. The molecule has 6 aromatic rings. The molecule has 0 saturated heterocycles. The highest BCUT2D eigenvalue weighted by Crippen LogP contribution is 2.55. The molecule has 7 rings (SSSR count). The lowest BCUT2D eigenvalue weighted by atomic mass is 9.70. The van der Waals surface area contributed by atoms with Crippen LogP contribution >= 0.6 is 0 Å². The zero-order chi connectivity index (χ0) is 36.1. The first-order valence-electron chi connectivity index (χ1n) is 18.3. The van der Waals surface area contributed by atoms with Crippen LogP contribution in [0.3, 0.4) is 0 Å². The van der Waals surface area contributed by atoms with Gasteiger partial charge in [-0.25, -0.2) is 9.59 Å². The molecule has 0 saturated carbocycles. The number of fused-ring (bicyclic) bond motifs is 5. The summed E-state index contributed by atoms with van der Waals surface area (Å²) >= 11 is 0. The molecule has 0 unspecified atom stereocenters. The van der Waals surface area contributed by atoms with E-state index in [1.165, 1.54) is 83.8 Å². The average molecular weight is 685 g/mol. The lowest BCUT2D eigenvalue weighted by Crippen LogP contribution is -2.26. The van der Waals surface area contributed by atoms with Gasteiger partial charge >= 0.3 is 11.9 Å². The second-order valence-corrected chi connectivity index (χ2v) is 13.8. The third kappa shape index (κ3) is 6.57. The highest BCUT2D eigenvalue weighted by atomic mass is 16.5. The Kier molecular flexibility index (Phi) is 10.2. The summed E-state index contributed by atoms with van der Waals surface area (Å²) in [6.07, 6.45) is 7.49. The summed E-state index contributed by atoms with van der Waals surface area (Å²) in [5, 5.41) is 4.92. The molecule has 4 heteroatoms. The van der Waals surface area contributed by atoms with Crippen molar-refractivity contribution in [3.05, 3.63) is 157 Å². The van der Waals surface area contributed by atoms with Crippen LogP contribution in [0.5, 0.6) is 0 Å². The van der Waals surface area contributed by atoms with Gasteiger partial charge < -0.3 is 9.47 Å². The Morgan fingerprint density at radius 1 is 0.558 bits per heavy atom. The van der Waals surface area contributed by atoms with Gasteiger partial charge in [-0.3, -0.25) is 0 Å². The third-order valence-electron chi connectivity index (χ3n) is 10.6. The number of benzene rings is 6. The monoisotopic (exact) mass is 684 g/mol. The Bertz CT molecular complexity index is 2210. The zero-order valence-corrected chi connectivity index (χ0v) is 29.8. The normalized spacial score (nSPS) is 12.6. The second kappa shape index (κ2) is 15.2. The second-order valence-electron chi connectivity index (χ2n) is 13.8. The van der Waals surface area contributed by atoms with Crippen LogP contribution in [0.1, 0.15) is 55.2 Å². The molecule has 1 aliphatic carbocycles. The van der Waals surface area contributed by atoms with Crippen molar-refractivity contribution in [3.8, 4) is 33.4 Å². The molecule has 0 aliphatic heterocycles. The Morgan fingerprint density at radius 2 is 1.02 bits per heavy atom. The predicted molar refractivity (Wildman–Crippen MR) is 213 cm³/mol. The lowest BCUT2D eigenvalue weighted by molar-refractivity contribution is -0.138. The molecule has 0 bridgehead atoms. The van der Waals surface area contributed by atoms with E-state index in [2.05, 4.69) is 135 Å². The molecule has 0 radical (unpaired) electrons. The quantitative estimate of drug-likeness (QED) is 0.0496. The summed E-state index contributed by atoms with van der Waals surface area (Å²) in [5.41, 5.74) is 11.1. The molecule has 0 fully saturated rings. The van der Waals surface area contributed by atoms with Gasteiger partial charge in [-0.05, 0) is 118 Å². The molecule has 0 amide bonds. The van der Waals surface area contributed by atoms with E-state index in [4.69, 9.17) is 9.47 Å². The lowest BCUT2D eigenvalue weighted by Gasteiger charge is -2.33. The largest absolute Gasteiger partial charge is 0.463 e. The molecule has 260 valence electrons. The van der Waals surface area contributed by atoms with Gasteiger partial charge in [-0.2, -0.15) is 0 Å². The van der Waals surface area contributed by atoms with Crippen molar-refractivity contribution >= 4 is 33.5 Å². The summed E-state index contributed by atoms with van der Waals surface area (Å²) in [5.74, 6) is -0.782. The maximum Gasteiger partial charge on any atom is 0.330 e. The number of carbonyl (C=O) groups excluding carboxylic acids is 2. The van der Waals surface area contributed by atoms with Crippen molar-refractivity contribution in [2.45, 2.75) is 50.9 Å². The minimum atomic E-state index is -0.391. The van der Waals surface area contributed by atoms with E-state index in [-0.39, 0.29) is 5.41 Å². The molecular weight excluding hydrogens is 641 g/mol. The summed E-state index contributed by atoms with van der Waals surface area (Å²) in [6.45, 7) is 9.91. The summed E-state index contributed by atoms with van der Waals surface area (Å²) in [7, 11) is 0. The van der Waals surface area contributed by atoms with E-state index in [0.29, 0.717) is 13.2 Å². The van der Waals surface area contributed by atoms with Gasteiger partial charge in [0, 0.05) is 17.6 Å². The number of carbonyl (C=O) groups is 2. The number of ether oxygens (including phenoxy) is 2. The third-order valence-corrected chi connectivity index (χ3v) is 10.6. The molecule has 4 nitrogen and oxygen atoms in total. The Morgan fingerprint density at radius 3 is 1.56 bits per heavy atom. The summed E-state index contributed by atoms with van der Waals surface area (Å²) in [4.78, 5) is 23.6. The standard InChI is InChI=1S/C48H44O4/c1-4-44(49)51-30-14-12-28-48(29-13-15-31-52-45(50)5-2)42-21-11-10-16-36(42)37-27-26-35(32-43(37)48)47-40-19-8-6-17-38(40)46(34-24-22-33(3)23-25-34)39-18-7-9-20-41(39)47/h4-11,16-27,32H,1-2,12-15,28-31H2,3H3. The summed E-state index contributed by atoms with van der Waals surface area (Å²) < 4.78 is 10.7. The molecule has 0 aromatic heterocycles. The van der Waals surface area contributed by atoms with Crippen LogP contribution in [0.15, 0.2) is 141 Å². The van der Waals surface area contributed by atoms with E-state index in [1.54, 1.807) is 0 Å². The number of aryl methyl sites for hydroxylation is 1. The molecular formula is C48H44O4. The molecule has 0 atom stereocenters. The topological polar surface area (TPSA) is 52.6 Å². The van der Waals surface area contributed by atoms with E-state index in [1.807, 2.05) is 0 Å². The van der Waals surface area contributed by atoms with Crippen LogP contribution in [0.4, 0.5) is 0 Å². The van der Waals surface area contributed by atoms with Crippen molar-refractivity contribution < 1.29 is 19.1 Å². The Balaban J connectivity index is 1.37. The van der Waals surface area contributed by atoms with Gasteiger partial charge in [-0.1, -0.05) is 128 Å². The van der Waals surface area contributed by atoms with Gasteiger partial charge in [-0.15, -0.1) is 0 Å². The first-order valence-corrected chi connectivity index (χ1v) is 18.3. The first kappa shape index (κ1) is 34.7. The molecule has 6 aromatic carbocycles. The van der Waals surface area contributed by atoms with Crippen molar-refractivity contribution in [1.82, 2.24) is 0 Å². The van der Waals surface area contributed by atoms with Gasteiger partial charge in [0.15, 0.2) is 0 Å². The first-order chi connectivity index (χ1) is 25.4. The van der Waals surface area contributed by atoms with Crippen molar-refractivity contribution in [1.29, 1.82) is 0 Å². The maximum absolute atomic E-state index is 11.8. The fourth-order valence-electron chi connectivity index (χ4n) is 8.27. The van der Waals surface area contributed by atoms with Crippen LogP contribution in [0, 0.1) is 6.92 Å². The fraction of sp³-hybridized carbons (Fsp3) is 0.208. The van der Waals surface area contributed by atoms with Crippen LogP contribution < -0.4 is 0 Å². The molecule has 0 N–H and O–H groups in total. The molecule has 0 heterocycles. The average Bonchev–Trinajstić information content (AvgIpc) is 3.45. The summed E-state index contributed by atoms with van der Waals surface area (Å²) in [6, 6.07) is 42.3. The Labute approximate surface area is 306 Å². The van der Waals surface area contributed by atoms with Gasteiger partial charge in [0.25, 0.3) is 0 Å². The fourth-order valence-corrected chi connectivity index (χ4v) is 8.27. The van der Waals surface area contributed by atoms with Gasteiger partial charge in [0.2, 0.25) is 0 Å². The van der Waals surface area contributed by atoms with Crippen molar-refractivity contribution in [2.75, 3.05) is 13.2 Å². The van der Waals surface area contributed by atoms with Crippen LogP contribution in [0.25, 0.3) is 54.9 Å². The van der Waals surface area contributed by atoms with Gasteiger partial charge in [0.1, 0.15) is 0 Å². The minimum absolute atomic E-state index is 0.264. The molecule has 0 spiro atoms. The van der Waals surface area contributed by atoms with E-state index in [0.717, 1.165) is 38.5 Å². The van der Waals surface area contributed by atoms with E-state index in [9.17, 15) is 9.59 Å². The van der Waals surface area contributed by atoms with E-state index >= 15 is 0 Å². The number of esters is 2. The van der Waals surface area contributed by atoms with E-state index < -0.39 is 11.9 Å². The van der Waals surface area contributed by atoms with Crippen LogP contribution in [-0.4, -0.2) is 25.2 Å². The van der Waals surface area contributed by atoms with Crippen molar-refractivity contribution in [2.24, 2.45) is 0 Å². The number of hydrogen-bond donors (Lipinski definition) is 0. The zero-order valence-electron chi connectivity index (χ0n) is 29.8. The van der Waals surface area contributed by atoms with Crippen LogP contribution in [0.2, 0.25) is 0 Å². The Hall–Kier alpha value is -5.74. The molecule has 52 heavy (non-hydrogen) atoms. The number of rotatable bonds is 14. The SMILES string of the molecule is C=CC(=O)OCCCCC1(CCCCOC(=O)C=C)c2ccccc2-c2ccc(-c3c4ccccc4c(-c4ccc(C)cc4)c4ccccc34)cc21. The van der Waals surface area contributed by atoms with Gasteiger partial charge in [0.05, 0.1) is 13.2 Å². The minimum Gasteiger partial charge on any atom is -0.463 e. The van der Waals surface area contributed by atoms with Crippen molar-refractivity contribution in [3.63, 3.8) is 0 Å². The smallest absolute Gasteiger partial charge is 0.330 e.